The first-order chi connectivity index (χ1) is 8.40. The molecule has 0 aliphatic carbocycles. The summed E-state index contributed by atoms with van der Waals surface area (Å²) in [5.74, 6) is -1.97. The van der Waals surface area contributed by atoms with Crippen LogP contribution in [0.1, 0.15) is 0 Å². The summed E-state index contributed by atoms with van der Waals surface area (Å²) < 4.78 is 52.3. The summed E-state index contributed by atoms with van der Waals surface area (Å²) in [6, 6.07) is 5.71. The molecule has 0 aliphatic rings. The summed E-state index contributed by atoms with van der Waals surface area (Å²) in [6.07, 6.45) is 0. The van der Waals surface area contributed by atoms with E-state index >= 15 is 0 Å². The van der Waals surface area contributed by atoms with Gasteiger partial charge in [-0.3, -0.25) is 4.72 Å². The van der Waals surface area contributed by atoms with Gasteiger partial charge in [-0.15, -0.1) is 11.3 Å². The van der Waals surface area contributed by atoms with Gasteiger partial charge in [-0.1, -0.05) is 17.7 Å². The van der Waals surface area contributed by atoms with Crippen LogP contribution in [0.25, 0.3) is 0 Å². The molecule has 2 rings (SSSR count). The number of nitrogens with one attached hydrogen (secondary N) is 1. The number of benzene rings is 1. The molecule has 0 aliphatic heterocycles. The van der Waals surface area contributed by atoms with E-state index in [1.54, 1.807) is 0 Å². The Morgan fingerprint density at radius 1 is 1.11 bits per heavy atom. The quantitative estimate of drug-likeness (QED) is 0.943. The molecule has 3 nitrogen and oxygen atoms in total. The molecule has 0 saturated carbocycles. The van der Waals surface area contributed by atoms with Gasteiger partial charge in [0.05, 0.1) is 4.34 Å². The maximum atomic E-state index is 13.3. The van der Waals surface area contributed by atoms with E-state index in [1.165, 1.54) is 12.1 Å². The summed E-state index contributed by atoms with van der Waals surface area (Å²) >= 11 is 6.41. The number of hydrogen-bond donors (Lipinski definition) is 1. The number of anilines is 1. The second-order valence-electron chi connectivity index (χ2n) is 3.26. The van der Waals surface area contributed by atoms with Crippen molar-refractivity contribution in [3.63, 3.8) is 0 Å². The molecular formula is C10H6ClF2NO2S2. The van der Waals surface area contributed by atoms with E-state index in [1.807, 2.05) is 4.72 Å². The predicted molar refractivity (Wildman–Crippen MR) is 66.5 cm³/mol. The molecule has 0 atom stereocenters. The van der Waals surface area contributed by atoms with Crippen LogP contribution in [-0.2, 0) is 10.0 Å². The van der Waals surface area contributed by atoms with Gasteiger partial charge < -0.3 is 0 Å². The van der Waals surface area contributed by atoms with Crippen molar-refractivity contribution in [2.45, 2.75) is 4.21 Å². The van der Waals surface area contributed by atoms with Crippen LogP contribution in [-0.4, -0.2) is 8.42 Å². The highest BCUT2D eigenvalue weighted by atomic mass is 35.5. The first kappa shape index (κ1) is 13.3. The molecule has 1 N–H and O–H groups in total. The van der Waals surface area contributed by atoms with Crippen molar-refractivity contribution in [1.29, 1.82) is 0 Å². The van der Waals surface area contributed by atoms with E-state index < -0.39 is 27.3 Å². The van der Waals surface area contributed by atoms with Crippen LogP contribution in [0.4, 0.5) is 14.5 Å². The highest BCUT2D eigenvalue weighted by Crippen LogP contribution is 2.28. The van der Waals surface area contributed by atoms with E-state index in [-0.39, 0.29) is 8.55 Å². The van der Waals surface area contributed by atoms with Crippen LogP contribution in [0.3, 0.4) is 0 Å². The molecule has 96 valence electrons. The van der Waals surface area contributed by atoms with Gasteiger partial charge in [-0.05, 0) is 24.3 Å². The van der Waals surface area contributed by atoms with Crippen molar-refractivity contribution in [2.24, 2.45) is 0 Å². The molecule has 0 saturated heterocycles. The van der Waals surface area contributed by atoms with Crippen molar-refractivity contribution in [3.05, 3.63) is 46.3 Å². The minimum Gasteiger partial charge on any atom is -0.273 e. The molecule has 0 radical (unpaired) electrons. The molecular weight excluding hydrogens is 304 g/mol. The van der Waals surface area contributed by atoms with Crippen molar-refractivity contribution in [2.75, 3.05) is 4.72 Å². The lowest BCUT2D eigenvalue weighted by molar-refractivity contribution is 0.583. The molecule has 8 heteroatoms. The minimum atomic E-state index is -4.03. The molecule has 0 unspecified atom stereocenters. The Labute approximate surface area is 111 Å². The second kappa shape index (κ2) is 4.83. The molecule has 0 spiro atoms. The SMILES string of the molecule is O=S(=O)(Nc1c(F)cccc1F)c1ccc(Cl)s1. The predicted octanol–water partition coefficient (Wildman–Crippen LogP) is 3.48. The highest BCUT2D eigenvalue weighted by molar-refractivity contribution is 7.94. The Bertz CT molecular complexity index is 665. The third kappa shape index (κ3) is 2.63. The Hall–Kier alpha value is -1.18. The Kier molecular flexibility index (Phi) is 3.56. The molecule has 2 aromatic rings. The van der Waals surface area contributed by atoms with Gasteiger partial charge in [-0.25, -0.2) is 17.2 Å². The first-order valence-corrected chi connectivity index (χ1v) is 7.30. The average Bonchev–Trinajstić information content (AvgIpc) is 2.71. The summed E-state index contributed by atoms with van der Waals surface area (Å²) in [6.45, 7) is 0. The number of hydrogen-bond acceptors (Lipinski definition) is 3. The van der Waals surface area contributed by atoms with Crippen LogP contribution in [0.2, 0.25) is 4.34 Å². The molecule has 0 bridgehead atoms. The summed E-state index contributed by atoms with van der Waals surface area (Å²) in [5.41, 5.74) is -0.706. The molecule has 0 fully saturated rings. The van der Waals surface area contributed by atoms with Gasteiger partial charge in [0.1, 0.15) is 21.5 Å². The topological polar surface area (TPSA) is 46.2 Å². The Balaban J connectivity index is 2.40. The Morgan fingerprint density at radius 3 is 2.22 bits per heavy atom. The third-order valence-electron chi connectivity index (χ3n) is 2.01. The largest absolute Gasteiger partial charge is 0.273 e. The van der Waals surface area contributed by atoms with E-state index in [0.717, 1.165) is 29.5 Å². The molecule has 0 amide bonds. The van der Waals surface area contributed by atoms with Gasteiger partial charge in [0.25, 0.3) is 10.0 Å². The van der Waals surface area contributed by atoms with E-state index in [4.69, 9.17) is 11.6 Å². The number of halogens is 3. The summed E-state index contributed by atoms with van der Waals surface area (Å²) in [4.78, 5) is 0. The van der Waals surface area contributed by atoms with Gasteiger partial charge in [-0.2, -0.15) is 0 Å². The van der Waals surface area contributed by atoms with Crippen molar-refractivity contribution in [1.82, 2.24) is 0 Å². The highest BCUT2D eigenvalue weighted by Gasteiger charge is 2.20. The molecule has 1 aromatic heterocycles. The van der Waals surface area contributed by atoms with Crippen molar-refractivity contribution >= 4 is 38.6 Å². The van der Waals surface area contributed by atoms with Crippen LogP contribution in [0, 0.1) is 11.6 Å². The lowest BCUT2D eigenvalue weighted by Gasteiger charge is -2.07. The zero-order valence-electron chi connectivity index (χ0n) is 8.65. The number of para-hydroxylation sites is 1. The molecule has 18 heavy (non-hydrogen) atoms. The normalized spacial score (nSPS) is 11.5. The fraction of sp³-hybridized carbons (Fsp3) is 0. The fourth-order valence-corrected chi connectivity index (χ4v) is 3.78. The third-order valence-corrected chi connectivity index (χ3v) is 5.09. The molecule has 1 aromatic carbocycles. The van der Waals surface area contributed by atoms with Crippen LogP contribution < -0.4 is 4.72 Å². The number of rotatable bonds is 3. The van der Waals surface area contributed by atoms with E-state index in [9.17, 15) is 17.2 Å². The number of thiophene rings is 1. The summed E-state index contributed by atoms with van der Waals surface area (Å²) in [7, 11) is -4.03. The standard InChI is InChI=1S/C10H6ClF2NO2S2/c11-8-4-5-9(17-8)18(15,16)14-10-6(12)2-1-3-7(10)13/h1-5,14H. The van der Waals surface area contributed by atoms with E-state index in [0.29, 0.717) is 0 Å². The maximum Gasteiger partial charge on any atom is 0.271 e. The summed E-state index contributed by atoms with van der Waals surface area (Å²) in [5, 5.41) is 0. The van der Waals surface area contributed by atoms with Crippen LogP contribution >= 0.6 is 22.9 Å². The number of sulfonamides is 1. The zero-order chi connectivity index (χ0) is 13.3. The second-order valence-corrected chi connectivity index (χ2v) is 6.89. The fourth-order valence-electron chi connectivity index (χ4n) is 1.22. The maximum absolute atomic E-state index is 13.3. The first-order valence-electron chi connectivity index (χ1n) is 4.62. The van der Waals surface area contributed by atoms with Gasteiger partial charge in [0, 0.05) is 0 Å². The van der Waals surface area contributed by atoms with Crippen molar-refractivity contribution < 1.29 is 17.2 Å². The minimum absolute atomic E-state index is 0.116. The van der Waals surface area contributed by atoms with Gasteiger partial charge in [0.15, 0.2) is 0 Å². The van der Waals surface area contributed by atoms with Gasteiger partial charge >= 0.3 is 0 Å². The lowest BCUT2D eigenvalue weighted by Crippen LogP contribution is -2.13. The zero-order valence-corrected chi connectivity index (χ0v) is 11.0. The smallest absolute Gasteiger partial charge is 0.271 e. The van der Waals surface area contributed by atoms with Gasteiger partial charge in [0.2, 0.25) is 0 Å². The average molecular weight is 310 g/mol. The van der Waals surface area contributed by atoms with Crippen LogP contribution in [0.15, 0.2) is 34.5 Å². The molecule has 1 heterocycles. The Morgan fingerprint density at radius 2 is 1.72 bits per heavy atom. The van der Waals surface area contributed by atoms with E-state index in [2.05, 4.69) is 0 Å². The van der Waals surface area contributed by atoms with Crippen molar-refractivity contribution in [3.8, 4) is 0 Å². The monoisotopic (exact) mass is 309 g/mol. The van der Waals surface area contributed by atoms with Crippen LogP contribution in [0.5, 0.6) is 0 Å². The lowest BCUT2D eigenvalue weighted by atomic mass is 10.3.